The fourth-order valence-electron chi connectivity index (χ4n) is 1.56. The Bertz CT molecular complexity index is 362. The predicted molar refractivity (Wildman–Crippen MR) is 52.6 cm³/mol. The molecule has 0 heterocycles. The zero-order chi connectivity index (χ0) is 11.3. The summed E-state index contributed by atoms with van der Waals surface area (Å²) in [6, 6.07) is 1.51. The molecular weight excluding hydrogens is 218 g/mol. The molecule has 0 aliphatic heterocycles. The van der Waals surface area contributed by atoms with Crippen molar-refractivity contribution in [2.75, 3.05) is 11.5 Å². The third-order valence-electron chi connectivity index (χ3n) is 2.22. The topological polar surface area (TPSA) is 84.2 Å². The zero-order valence-corrected chi connectivity index (χ0v) is 9.12. The number of nitrogens with zero attached hydrogens (tertiary/aromatic N) is 1. The van der Waals surface area contributed by atoms with Crippen LogP contribution >= 0.6 is 0 Å². The van der Waals surface area contributed by atoms with E-state index in [4.69, 9.17) is 10.00 Å². The molecule has 1 aliphatic rings. The maximum absolute atomic E-state index is 11.2. The maximum Gasteiger partial charge on any atom is 0.321 e. The van der Waals surface area contributed by atoms with Crippen molar-refractivity contribution in [2.45, 2.75) is 31.8 Å². The molecule has 0 saturated heterocycles. The highest BCUT2D eigenvalue weighted by atomic mass is 32.2. The number of carbonyl (C=O) groups is 1. The summed E-state index contributed by atoms with van der Waals surface area (Å²) in [6.45, 7) is 0. The van der Waals surface area contributed by atoms with Crippen LogP contribution in [0.4, 0.5) is 0 Å². The van der Waals surface area contributed by atoms with Gasteiger partial charge in [-0.05, 0) is 25.7 Å². The van der Waals surface area contributed by atoms with Crippen molar-refractivity contribution in [3.05, 3.63) is 0 Å². The Hall–Kier alpha value is -1.09. The van der Waals surface area contributed by atoms with Gasteiger partial charge in [0.25, 0.3) is 0 Å². The molecular formula is C9H13NO4S. The van der Waals surface area contributed by atoms with Crippen molar-refractivity contribution in [2.24, 2.45) is 0 Å². The molecule has 0 spiro atoms. The number of esters is 1. The van der Waals surface area contributed by atoms with Crippen molar-refractivity contribution >= 4 is 15.8 Å². The highest BCUT2D eigenvalue weighted by Crippen LogP contribution is 2.21. The molecule has 1 fully saturated rings. The minimum atomic E-state index is -3.61. The second-order valence-electron chi connectivity index (χ2n) is 3.59. The average Bonchev–Trinajstić information content (AvgIpc) is 2.54. The van der Waals surface area contributed by atoms with Gasteiger partial charge in [0, 0.05) is 0 Å². The van der Waals surface area contributed by atoms with Gasteiger partial charge in [-0.2, -0.15) is 5.26 Å². The van der Waals surface area contributed by atoms with Gasteiger partial charge in [0.2, 0.25) is 0 Å². The number of carbonyl (C=O) groups excluding carboxylic acids is 1. The minimum absolute atomic E-state index is 0.130. The van der Waals surface area contributed by atoms with Crippen LogP contribution in [0.15, 0.2) is 0 Å². The van der Waals surface area contributed by atoms with E-state index in [1.165, 1.54) is 6.07 Å². The summed E-state index contributed by atoms with van der Waals surface area (Å²) in [5.74, 6) is -2.05. The van der Waals surface area contributed by atoms with E-state index in [1.54, 1.807) is 0 Å². The van der Waals surface area contributed by atoms with E-state index in [9.17, 15) is 13.2 Å². The Labute approximate surface area is 88.9 Å². The summed E-state index contributed by atoms with van der Waals surface area (Å²) in [5.41, 5.74) is 0. The summed E-state index contributed by atoms with van der Waals surface area (Å²) >= 11 is 0. The van der Waals surface area contributed by atoms with Gasteiger partial charge in [0.15, 0.2) is 9.84 Å². The van der Waals surface area contributed by atoms with Gasteiger partial charge in [0.05, 0.1) is 6.07 Å². The summed E-state index contributed by atoms with van der Waals surface area (Å²) in [6.07, 6.45) is 3.52. The van der Waals surface area contributed by atoms with E-state index < -0.39 is 27.3 Å². The van der Waals surface area contributed by atoms with Crippen molar-refractivity contribution in [3.63, 3.8) is 0 Å². The lowest BCUT2D eigenvalue weighted by Gasteiger charge is -2.10. The molecule has 0 atom stereocenters. The van der Waals surface area contributed by atoms with Gasteiger partial charge in [-0.15, -0.1) is 0 Å². The number of rotatable bonds is 4. The van der Waals surface area contributed by atoms with Gasteiger partial charge in [-0.25, -0.2) is 8.42 Å². The van der Waals surface area contributed by atoms with E-state index in [-0.39, 0.29) is 6.10 Å². The van der Waals surface area contributed by atoms with E-state index >= 15 is 0 Å². The number of hydrogen-bond donors (Lipinski definition) is 0. The van der Waals surface area contributed by atoms with Gasteiger partial charge in [-0.1, -0.05) is 0 Å². The molecule has 5 nitrogen and oxygen atoms in total. The SMILES string of the molecule is N#CCS(=O)(=O)CC(=O)OC1CCCC1. The third kappa shape index (κ3) is 4.30. The van der Waals surface area contributed by atoms with E-state index in [0.29, 0.717) is 0 Å². The quantitative estimate of drug-likeness (QED) is 0.654. The lowest BCUT2D eigenvalue weighted by molar-refractivity contribution is -0.145. The number of ether oxygens (including phenoxy) is 1. The van der Waals surface area contributed by atoms with Crippen LogP contribution in [0.3, 0.4) is 0 Å². The monoisotopic (exact) mass is 231 g/mol. The number of sulfone groups is 1. The molecule has 0 radical (unpaired) electrons. The van der Waals surface area contributed by atoms with Crippen LogP contribution in [0.25, 0.3) is 0 Å². The summed E-state index contributed by atoms with van der Waals surface area (Å²) < 4.78 is 27.1. The average molecular weight is 231 g/mol. The molecule has 1 aliphatic carbocycles. The van der Waals surface area contributed by atoms with Crippen LogP contribution in [0.1, 0.15) is 25.7 Å². The molecule has 0 N–H and O–H groups in total. The van der Waals surface area contributed by atoms with Crippen LogP contribution in [0.5, 0.6) is 0 Å². The smallest absolute Gasteiger partial charge is 0.321 e. The standard InChI is InChI=1S/C9H13NO4S/c10-5-6-15(12,13)7-9(11)14-8-3-1-2-4-8/h8H,1-4,6-7H2. The minimum Gasteiger partial charge on any atom is -0.462 e. The molecule has 0 unspecified atom stereocenters. The Morgan fingerprint density at radius 3 is 2.53 bits per heavy atom. The molecule has 1 saturated carbocycles. The highest BCUT2D eigenvalue weighted by Gasteiger charge is 2.23. The lowest BCUT2D eigenvalue weighted by Crippen LogP contribution is -2.24. The van der Waals surface area contributed by atoms with Gasteiger partial charge in [0.1, 0.15) is 17.6 Å². The Balaban J connectivity index is 2.39. The Kier molecular flexibility index (Phi) is 4.09. The first-order chi connectivity index (χ1) is 7.03. The van der Waals surface area contributed by atoms with Crippen LogP contribution in [-0.4, -0.2) is 32.0 Å². The molecule has 15 heavy (non-hydrogen) atoms. The highest BCUT2D eigenvalue weighted by molar-refractivity contribution is 7.92. The Morgan fingerprint density at radius 2 is 2.00 bits per heavy atom. The van der Waals surface area contributed by atoms with Crippen LogP contribution in [0.2, 0.25) is 0 Å². The van der Waals surface area contributed by atoms with E-state index in [2.05, 4.69) is 0 Å². The fourth-order valence-corrected chi connectivity index (χ4v) is 2.28. The maximum atomic E-state index is 11.2. The first kappa shape index (κ1) is 12.0. The number of hydrogen-bond acceptors (Lipinski definition) is 5. The second kappa shape index (κ2) is 5.12. The molecule has 1 rings (SSSR count). The zero-order valence-electron chi connectivity index (χ0n) is 8.31. The summed E-state index contributed by atoms with van der Waals surface area (Å²) in [4.78, 5) is 11.2. The molecule has 6 heteroatoms. The van der Waals surface area contributed by atoms with Crippen LogP contribution in [0, 0.1) is 11.3 Å². The molecule has 0 aromatic heterocycles. The molecule has 0 amide bonds. The number of nitriles is 1. The lowest BCUT2D eigenvalue weighted by atomic mass is 10.3. The van der Waals surface area contributed by atoms with Crippen molar-refractivity contribution < 1.29 is 17.9 Å². The fraction of sp³-hybridized carbons (Fsp3) is 0.778. The van der Waals surface area contributed by atoms with Crippen LogP contribution in [-0.2, 0) is 19.4 Å². The third-order valence-corrected chi connectivity index (χ3v) is 3.47. The Morgan fingerprint density at radius 1 is 1.40 bits per heavy atom. The van der Waals surface area contributed by atoms with Crippen molar-refractivity contribution in [1.29, 1.82) is 5.26 Å². The van der Waals surface area contributed by atoms with Crippen molar-refractivity contribution in [3.8, 4) is 6.07 Å². The molecule has 0 bridgehead atoms. The van der Waals surface area contributed by atoms with E-state index in [1.807, 2.05) is 0 Å². The summed E-state index contributed by atoms with van der Waals surface area (Å²) in [7, 11) is -3.61. The van der Waals surface area contributed by atoms with E-state index in [0.717, 1.165) is 25.7 Å². The van der Waals surface area contributed by atoms with Gasteiger partial charge < -0.3 is 4.74 Å². The van der Waals surface area contributed by atoms with Crippen molar-refractivity contribution in [1.82, 2.24) is 0 Å². The molecule has 0 aromatic carbocycles. The van der Waals surface area contributed by atoms with Gasteiger partial charge in [-0.3, -0.25) is 4.79 Å². The van der Waals surface area contributed by atoms with Crippen LogP contribution < -0.4 is 0 Å². The molecule has 0 aromatic rings. The molecule has 84 valence electrons. The first-order valence-electron chi connectivity index (χ1n) is 4.80. The largest absolute Gasteiger partial charge is 0.462 e. The second-order valence-corrected chi connectivity index (χ2v) is 5.65. The predicted octanol–water partition coefficient (Wildman–Crippen LogP) is 0.411. The first-order valence-corrected chi connectivity index (χ1v) is 6.62. The summed E-state index contributed by atoms with van der Waals surface area (Å²) in [5, 5.41) is 8.22. The van der Waals surface area contributed by atoms with Gasteiger partial charge >= 0.3 is 5.97 Å². The normalized spacial score (nSPS) is 17.3.